The van der Waals surface area contributed by atoms with Crippen molar-refractivity contribution in [1.82, 2.24) is 10.3 Å². The summed E-state index contributed by atoms with van der Waals surface area (Å²) in [6.07, 6.45) is 2.79. The predicted octanol–water partition coefficient (Wildman–Crippen LogP) is 3.05. The van der Waals surface area contributed by atoms with E-state index < -0.39 is 9.84 Å². The highest BCUT2D eigenvalue weighted by atomic mass is 32.2. The van der Waals surface area contributed by atoms with Gasteiger partial charge in [-0.3, -0.25) is 4.98 Å². The van der Waals surface area contributed by atoms with Gasteiger partial charge in [0.05, 0.1) is 29.6 Å². The summed E-state index contributed by atoms with van der Waals surface area (Å²) in [4.78, 5) is 4.22. The lowest BCUT2D eigenvalue weighted by Gasteiger charge is -2.29. The number of nitrogens with zero attached hydrogens (tertiary/aromatic N) is 1. The van der Waals surface area contributed by atoms with Crippen molar-refractivity contribution in [1.29, 1.82) is 0 Å². The van der Waals surface area contributed by atoms with E-state index in [0.717, 1.165) is 23.3 Å². The molecule has 6 nitrogen and oxygen atoms in total. The fraction of sp³-hybridized carbons (Fsp3) is 0.316. The first-order valence-electron chi connectivity index (χ1n) is 8.34. The first-order chi connectivity index (χ1) is 12.3. The molecule has 0 saturated carbocycles. The van der Waals surface area contributed by atoms with Crippen LogP contribution in [0.25, 0.3) is 11.0 Å². The number of aromatic nitrogens is 1. The molecule has 136 valence electrons. The van der Waals surface area contributed by atoms with E-state index in [1.807, 2.05) is 6.07 Å². The molecule has 1 N–H and O–H groups in total. The largest absolute Gasteiger partial charge is 0.495 e. The summed E-state index contributed by atoms with van der Waals surface area (Å²) < 4.78 is 37.0. The van der Waals surface area contributed by atoms with Gasteiger partial charge in [-0.2, -0.15) is 0 Å². The number of pyridine rings is 1. The van der Waals surface area contributed by atoms with Crippen molar-refractivity contribution in [3.63, 3.8) is 0 Å². The minimum atomic E-state index is -3.71. The van der Waals surface area contributed by atoms with E-state index in [4.69, 9.17) is 9.15 Å². The van der Waals surface area contributed by atoms with Gasteiger partial charge in [-0.15, -0.1) is 0 Å². The molecule has 1 aliphatic heterocycles. The molecule has 7 heteroatoms. The third kappa shape index (κ3) is 2.59. The van der Waals surface area contributed by atoms with Crippen LogP contribution in [-0.4, -0.2) is 27.1 Å². The molecule has 26 heavy (non-hydrogen) atoms. The van der Waals surface area contributed by atoms with Gasteiger partial charge in [-0.1, -0.05) is 13.8 Å². The summed E-state index contributed by atoms with van der Waals surface area (Å²) in [5.41, 5.74) is 1.66. The average Bonchev–Trinajstić information content (AvgIpc) is 3.00. The van der Waals surface area contributed by atoms with Crippen molar-refractivity contribution < 1.29 is 17.6 Å². The van der Waals surface area contributed by atoms with Crippen LogP contribution in [0, 0.1) is 0 Å². The number of methoxy groups -OCH3 is 1. The van der Waals surface area contributed by atoms with E-state index in [1.165, 1.54) is 25.6 Å². The maximum Gasteiger partial charge on any atom is 0.208 e. The van der Waals surface area contributed by atoms with Crippen LogP contribution in [-0.2, 0) is 21.8 Å². The highest BCUT2D eigenvalue weighted by Crippen LogP contribution is 2.39. The Hall–Kier alpha value is -2.38. The smallest absolute Gasteiger partial charge is 0.208 e. The first-order valence-corrected chi connectivity index (χ1v) is 9.82. The molecule has 0 amide bonds. The Morgan fingerprint density at radius 1 is 1.19 bits per heavy atom. The third-order valence-electron chi connectivity index (χ3n) is 4.81. The molecule has 0 aliphatic carbocycles. The fourth-order valence-corrected chi connectivity index (χ4v) is 4.78. The molecule has 0 bridgehead atoms. The molecule has 0 radical (unpaired) electrons. The van der Waals surface area contributed by atoms with Crippen LogP contribution in [0.3, 0.4) is 0 Å². The van der Waals surface area contributed by atoms with Crippen molar-refractivity contribution >= 4 is 20.8 Å². The number of fused-ring (bicyclic) bond motifs is 3. The van der Waals surface area contributed by atoms with Crippen molar-refractivity contribution in [3.8, 4) is 5.75 Å². The van der Waals surface area contributed by atoms with Gasteiger partial charge >= 0.3 is 0 Å². The highest BCUT2D eigenvalue weighted by Gasteiger charge is 2.33. The van der Waals surface area contributed by atoms with Crippen molar-refractivity contribution in [2.45, 2.75) is 35.6 Å². The number of sulfone groups is 1. The number of nitrogens with one attached hydrogen (secondary N) is 1. The molecule has 1 aromatic carbocycles. The predicted molar refractivity (Wildman–Crippen MR) is 97.2 cm³/mol. The molecule has 2 aromatic heterocycles. The van der Waals surface area contributed by atoms with Crippen LogP contribution < -0.4 is 10.1 Å². The van der Waals surface area contributed by atoms with Gasteiger partial charge in [-0.05, 0) is 12.1 Å². The van der Waals surface area contributed by atoms with Gasteiger partial charge in [0.25, 0.3) is 0 Å². The van der Waals surface area contributed by atoms with Crippen LogP contribution >= 0.6 is 0 Å². The number of hydrogen-bond donors (Lipinski definition) is 1. The van der Waals surface area contributed by atoms with Crippen LogP contribution in [0.4, 0.5) is 0 Å². The van der Waals surface area contributed by atoms with E-state index in [9.17, 15) is 8.42 Å². The van der Waals surface area contributed by atoms with Crippen molar-refractivity contribution in [2.75, 3.05) is 13.7 Å². The second kappa shape index (κ2) is 5.82. The standard InChI is InChI=1S/C19H20N2O4S/c1-19(2)11-21-10-17-18(19)15-5-4-13(7-16(15)25-17)26(22,23)14-6-12(24-3)8-20-9-14/h4-9,21H,10-11H2,1-3H3. The number of furan rings is 1. The van der Waals surface area contributed by atoms with Crippen LogP contribution in [0.2, 0.25) is 0 Å². The van der Waals surface area contributed by atoms with E-state index >= 15 is 0 Å². The summed E-state index contributed by atoms with van der Waals surface area (Å²) in [6, 6.07) is 6.53. The Labute approximate surface area is 152 Å². The van der Waals surface area contributed by atoms with Crippen molar-refractivity contribution in [3.05, 3.63) is 48.0 Å². The molecule has 3 aromatic rings. The Bertz CT molecular complexity index is 1100. The zero-order chi connectivity index (χ0) is 18.5. The SMILES string of the molecule is COc1cncc(S(=O)(=O)c2ccc3c4c(oc3c2)CNCC4(C)C)c1. The molecule has 3 heterocycles. The zero-order valence-electron chi connectivity index (χ0n) is 14.9. The lowest BCUT2D eigenvalue weighted by atomic mass is 9.80. The molecular formula is C19H20N2O4S. The highest BCUT2D eigenvalue weighted by molar-refractivity contribution is 7.91. The van der Waals surface area contributed by atoms with Gasteiger partial charge in [0.1, 0.15) is 17.1 Å². The quantitative estimate of drug-likeness (QED) is 0.761. The summed E-state index contributed by atoms with van der Waals surface area (Å²) in [5.74, 6) is 1.27. The molecule has 0 spiro atoms. The van der Waals surface area contributed by atoms with Gasteiger partial charge in [0.15, 0.2) is 0 Å². The van der Waals surface area contributed by atoms with Gasteiger partial charge in [-0.25, -0.2) is 8.42 Å². The van der Waals surface area contributed by atoms with Crippen molar-refractivity contribution in [2.24, 2.45) is 0 Å². The van der Waals surface area contributed by atoms with Gasteiger partial charge < -0.3 is 14.5 Å². The third-order valence-corrected chi connectivity index (χ3v) is 6.53. The monoisotopic (exact) mass is 372 g/mol. The second-order valence-corrected chi connectivity index (χ2v) is 9.06. The minimum absolute atomic E-state index is 0.0735. The minimum Gasteiger partial charge on any atom is -0.495 e. The van der Waals surface area contributed by atoms with Gasteiger partial charge in [0, 0.05) is 41.2 Å². The summed E-state index contributed by atoms with van der Waals surface area (Å²) in [7, 11) is -2.24. The lowest BCUT2D eigenvalue weighted by Crippen LogP contribution is -2.37. The average molecular weight is 372 g/mol. The van der Waals surface area contributed by atoms with E-state index in [0.29, 0.717) is 17.9 Å². The Kier molecular flexibility index (Phi) is 3.82. The van der Waals surface area contributed by atoms with Crippen LogP contribution in [0.5, 0.6) is 5.75 Å². The molecule has 0 fully saturated rings. The van der Waals surface area contributed by atoms with Crippen LogP contribution in [0.1, 0.15) is 25.2 Å². The molecule has 1 aliphatic rings. The first kappa shape index (κ1) is 17.1. The van der Waals surface area contributed by atoms with E-state index in [1.54, 1.807) is 12.1 Å². The maximum atomic E-state index is 13.0. The maximum absolute atomic E-state index is 13.0. The molecule has 0 saturated heterocycles. The van der Waals surface area contributed by atoms with E-state index in [2.05, 4.69) is 24.1 Å². The number of hydrogen-bond acceptors (Lipinski definition) is 6. The number of benzene rings is 1. The molecule has 4 rings (SSSR count). The number of rotatable bonds is 3. The normalized spacial score (nSPS) is 16.4. The molecule has 0 unspecified atom stereocenters. The topological polar surface area (TPSA) is 81.4 Å². The van der Waals surface area contributed by atoms with Crippen LogP contribution in [0.15, 0.2) is 50.9 Å². The molecule has 0 atom stereocenters. The summed E-state index contributed by atoms with van der Waals surface area (Å²) in [5, 5.41) is 4.31. The molecular weight excluding hydrogens is 352 g/mol. The Balaban J connectivity index is 1.86. The summed E-state index contributed by atoms with van der Waals surface area (Å²) >= 11 is 0. The Morgan fingerprint density at radius 2 is 2.00 bits per heavy atom. The lowest BCUT2D eigenvalue weighted by molar-refractivity contribution is 0.391. The summed E-state index contributed by atoms with van der Waals surface area (Å²) in [6.45, 7) is 5.80. The fourth-order valence-electron chi connectivity index (χ4n) is 3.53. The Morgan fingerprint density at radius 3 is 2.77 bits per heavy atom. The second-order valence-electron chi connectivity index (χ2n) is 7.11. The zero-order valence-corrected chi connectivity index (χ0v) is 15.7. The van der Waals surface area contributed by atoms with E-state index in [-0.39, 0.29) is 15.2 Å². The number of ether oxygens (including phenoxy) is 1. The van der Waals surface area contributed by atoms with Gasteiger partial charge in [0.2, 0.25) is 9.84 Å².